The Morgan fingerprint density at radius 2 is 1.76 bits per heavy atom. The van der Waals surface area contributed by atoms with E-state index < -0.39 is 10.8 Å². The van der Waals surface area contributed by atoms with Gasteiger partial charge in [-0.25, -0.2) is 0 Å². The Morgan fingerprint density at radius 1 is 1.07 bits per heavy atom. The van der Waals surface area contributed by atoms with E-state index in [2.05, 4.69) is 15.5 Å². The van der Waals surface area contributed by atoms with Crippen LogP contribution in [0, 0.1) is 10.1 Å². The van der Waals surface area contributed by atoms with E-state index in [0.29, 0.717) is 17.7 Å². The van der Waals surface area contributed by atoms with Crippen LogP contribution in [0.5, 0.6) is 0 Å². The number of nitro groups is 1. The summed E-state index contributed by atoms with van der Waals surface area (Å²) in [4.78, 5) is 37.7. The highest BCUT2D eigenvalue weighted by atomic mass is 16.6. The summed E-state index contributed by atoms with van der Waals surface area (Å²) in [6.07, 6.45) is 1.18. The molecule has 1 heterocycles. The zero-order chi connectivity index (χ0) is 20.6. The number of Topliss-reactive ketones (excluding diaryl/α,β-unsaturated/α-hetero) is 1. The number of ketones is 1. The predicted octanol–water partition coefficient (Wildman–Crippen LogP) is 2.72. The highest BCUT2D eigenvalue weighted by Gasteiger charge is 2.16. The van der Waals surface area contributed by atoms with Crippen molar-refractivity contribution in [3.05, 3.63) is 69.8 Å². The number of para-hydroxylation sites is 1. The number of anilines is 1. The second-order valence-corrected chi connectivity index (χ2v) is 6.92. The molecular weight excluding hydrogens is 372 g/mol. The lowest BCUT2D eigenvalue weighted by Gasteiger charge is -2.26. The molecule has 0 radical (unpaired) electrons. The van der Waals surface area contributed by atoms with Gasteiger partial charge in [0.25, 0.3) is 11.6 Å². The van der Waals surface area contributed by atoms with E-state index in [9.17, 15) is 19.7 Å². The molecule has 1 saturated heterocycles. The Kier molecular flexibility index (Phi) is 7.04. The summed E-state index contributed by atoms with van der Waals surface area (Å²) in [5.41, 5.74) is 1.13. The molecule has 2 aromatic carbocycles. The Labute approximate surface area is 169 Å². The van der Waals surface area contributed by atoms with Crippen molar-refractivity contribution in [3.8, 4) is 0 Å². The zero-order valence-electron chi connectivity index (χ0n) is 16.1. The summed E-state index contributed by atoms with van der Waals surface area (Å²) < 4.78 is 0. The molecule has 1 amide bonds. The molecule has 2 N–H and O–H groups in total. The van der Waals surface area contributed by atoms with Gasteiger partial charge in [-0.2, -0.15) is 0 Å². The van der Waals surface area contributed by atoms with Gasteiger partial charge < -0.3 is 15.5 Å². The number of benzene rings is 2. The average Bonchev–Trinajstić information content (AvgIpc) is 2.75. The maximum Gasteiger partial charge on any atom is 0.269 e. The molecule has 152 valence electrons. The highest BCUT2D eigenvalue weighted by molar-refractivity contribution is 6.09. The lowest BCUT2D eigenvalue weighted by Crippen LogP contribution is -2.43. The zero-order valence-corrected chi connectivity index (χ0v) is 16.1. The van der Waals surface area contributed by atoms with E-state index in [1.54, 1.807) is 24.3 Å². The summed E-state index contributed by atoms with van der Waals surface area (Å²) in [6.45, 7) is 4.83. The first kappa shape index (κ1) is 20.6. The topological polar surface area (TPSA) is 105 Å². The van der Waals surface area contributed by atoms with Crippen LogP contribution in [0.2, 0.25) is 0 Å². The number of non-ortho nitro benzene ring substituents is 1. The van der Waals surface area contributed by atoms with Crippen molar-refractivity contribution in [3.63, 3.8) is 0 Å². The molecule has 0 bridgehead atoms. The average molecular weight is 396 g/mol. The minimum Gasteiger partial charge on any atom is -0.321 e. The van der Waals surface area contributed by atoms with Crippen LogP contribution < -0.4 is 10.6 Å². The first-order chi connectivity index (χ1) is 14.0. The normalized spacial score (nSPS) is 14.3. The molecule has 1 aliphatic rings. The number of nitro benzene ring substituents is 1. The molecule has 29 heavy (non-hydrogen) atoms. The number of piperazine rings is 1. The summed E-state index contributed by atoms with van der Waals surface area (Å²) in [7, 11) is 0. The van der Waals surface area contributed by atoms with Gasteiger partial charge in [0, 0.05) is 55.9 Å². The largest absolute Gasteiger partial charge is 0.321 e. The Bertz CT molecular complexity index is 877. The standard InChI is InChI=1S/C21H24N4O4/c26-20(6-3-13-24-14-11-22-12-15-24)18-4-1-2-5-19(18)23-21(27)16-7-9-17(10-8-16)25(28)29/h1-2,4-5,7-10,22H,3,6,11-15H2,(H,23,27). The van der Waals surface area contributed by atoms with Crippen LogP contribution in [0.15, 0.2) is 48.5 Å². The molecule has 0 spiro atoms. The minimum atomic E-state index is -0.518. The number of nitrogens with zero attached hydrogens (tertiary/aromatic N) is 2. The van der Waals surface area contributed by atoms with Gasteiger partial charge in [0.1, 0.15) is 0 Å². The summed E-state index contributed by atoms with van der Waals surface area (Å²) >= 11 is 0. The minimum absolute atomic E-state index is 0.0141. The third-order valence-corrected chi connectivity index (χ3v) is 4.90. The van der Waals surface area contributed by atoms with Crippen LogP contribution in [0.3, 0.4) is 0 Å². The maximum atomic E-state index is 12.7. The van der Waals surface area contributed by atoms with E-state index in [1.807, 2.05) is 0 Å². The van der Waals surface area contributed by atoms with Gasteiger partial charge >= 0.3 is 0 Å². The number of carbonyl (C=O) groups is 2. The van der Waals surface area contributed by atoms with E-state index in [0.717, 1.165) is 39.1 Å². The molecular formula is C21H24N4O4. The molecule has 0 aliphatic carbocycles. The molecule has 0 atom stereocenters. The lowest BCUT2D eigenvalue weighted by atomic mass is 10.0. The van der Waals surface area contributed by atoms with E-state index in [-0.39, 0.29) is 17.0 Å². The second-order valence-electron chi connectivity index (χ2n) is 6.92. The third kappa shape index (κ3) is 5.69. The monoisotopic (exact) mass is 396 g/mol. The van der Waals surface area contributed by atoms with Gasteiger partial charge in [0.15, 0.2) is 5.78 Å². The molecule has 8 heteroatoms. The van der Waals surface area contributed by atoms with Crippen molar-refractivity contribution < 1.29 is 14.5 Å². The Hall–Kier alpha value is -3.10. The van der Waals surface area contributed by atoms with Crippen molar-refractivity contribution >= 4 is 23.1 Å². The number of nitrogens with one attached hydrogen (secondary N) is 2. The molecule has 0 unspecified atom stereocenters. The third-order valence-electron chi connectivity index (χ3n) is 4.90. The van der Waals surface area contributed by atoms with Gasteiger partial charge in [0.05, 0.1) is 10.6 Å². The van der Waals surface area contributed by atoms with Crippen LogP contribution in [-0.4, -0.2) is 54.2 Å². The van der Waals surface area contributed by atoms with Crippen LogP contribution in [-0.2, 0) is 0 Å². The lowest BCUT2D eigenvalue weighted by molar-refractivity contribution is -0.384. The number of carbonyl (C=O) groups excluding carboxylic acids is 2. The van der Waals surface area contributed by atoms with Crippen molar-refractivity contribution in [2.45, 2.75) is 12.8 Å². The quantitative estimate of drug-likeness (QED) is 0.404. The number of hydrogen-bond donors (Lipinski definition) is 2. The molecule has 1 aliphatic heterocycles. The smallest absolute Gasteiger partial charge is 0.269 e. The summed E-state index contributed by atoms with van der Waals surface area (Å²) in [6, 6.07) is 12.3. The van der Waals surface area contributed by atoms with Gasteiger partial charge in [-0.15, -0.1) is 0 Å². The fraction of sp³-hybridized carbons (Fsp3) is 0.333. The van der Waals surface area contributed by atoms with Gasteiger partial charge in [-0.05, 0) is 37.2 Å². The number of rotatable bonds is 8. The maximum absolute atomic E-state index is 12.7. The summed E-state index contributed by atoms with van der Waals surface area (Å²) in [5.74, 6) is -0.430. The number of hydrogen-bond acceptors (Lipinski definition) is 6. The summed E-state index contributed by atoms with van der Waals surface area (Å²) in [5, 5.41) is 16.8. The van der Waals surface area contributed by atoms with Crippen LogP contribution in [0.1, 0.15) is 33.6 Å². The first-order valence-electron chi connectivity index (χ1n) is 9.66. The first-order valence-corrected chi connectivity index (χ1v) is 9.66. The van der Waals surface area contributed by atoms with Gasteiger partial charge in [0.2, 0.25) is 0 Å². The fourth-order valence-electron chi connectivity index (χ4n) is 3.30. The molecule has 1 fully saturated rings. The van der Waals surface area contributed by atoms with Crippen molar-refractivity contribution in [1.29, 1.82) is 0 Å². The fourth-order valence-corrected chi connectivity index (χ4v) is 3.30. The van der Waals surface area contributed by atoms with Crippen LogP contribution >= 0.6 is 0 Å². The Morgan fingerprint density at radius 3 is 2.45 bits per heavy atom. The molecule has 0 saturated carbocycles. The van der Waals surface area contributed by atoms with Gasteiger partial charge in [-0.3, -0.25) is 19.7 Å². The van der Waals surface area contributed by atoms with E-state index in [1.165, 1.54) is 24.3 Å². The van der Waals surface area contributed by atoms with Gasteiger partial charge in [-0.1, -0.05) is 12.1 Å². The molecule has 0 aromatic heterocycles. The van der Waals surface area contributed by atoms with Crippen LogP contribution in [0.4, 0.5) is 11.4 Å². The predicted molar refractivity (Wildman–Crippen MR) is 110 cm³/mol. The Balaban J connectivity index is 1.60. The molecule has 3 rings (SSSR count). The SMILES string of the molecule is O=C(Nc1ccccc1C(=O)CCCN1CCNCC1)c1ccc([N+](=O)[O-])cc1. The van der Waals surface area contributed by atoms with E-state index in [4.69, 9.17) is 0 Å². The van der Waals surface area contributed by atoms with Crippen molar-refractivity contribution in [2.24, 2.45) is 0 Å². The molecule has 2 aromatic rings. The highest BCUT2D eigenvalue weighted by Crippen LogP contribution is 2.20. The second kappa shape index (κ2) is 9.90. The van der Waals surface area contributed by atoms with E-state index >= 15 is 0 Å². The molecule has 8 nitrogen and oxygen atoms in total. The number of amides is 1. The van der Waals surface area contributed by atoms with Crippen molar-refractivity contribution in [2.75, 3.05) is 38.0 Å². The van der Waals surface area contributed by atoms with Crippen LogP contribution in [0.25, 0.3) is 0 Å². The van der Waals surface area contributed by atoms with Crippen molar-refractivity contribution in [1.82, 2.24) is 10.2 Å².